The molecule has 1 aliphatic carbocycles. The average Bonchev–Trinajstić information content (AvgIpc) is 2.19. The monoisotopic (exact) mass is 194 g/mol. The molecule has 0 radical (unpaired) electrons. The van der Waals surface area contributed by atoms with Gasteiger partial charge in [-0.2, -0.15) is 0 Å². The molecule has 0 saturated heterocycles. The number of amidine groups is 1. The molecule has 1 unspecified atom stereocenters. The third kappa shape index (κ3) is 2.73. The molecule has 0 amide bonds. The van der Waals surface area contributed by atoms with Crippen LogP contribution in [0, 0.1) is 5.92 Å². The highest BCUT2D eigenvalue weighted by molar-refractivity contribution is 5.80. The first-order valence-electron chi connectivity index (χ1n) is 6.17. The Morgan fingerprint density at radius 2 is 1.86 bits per heavy atom. The second kappa shape index (κ2) is 4.81. The maximum absolute atomic E-state index is 5.78. The van der Waals surface area contributed by atoms with Crippen molar-refractivity contribution in [3.05, 3.63) is 0 Å². The van der Waals surface area contributed by atoms with E-state index >= 15 is 0 Å². The molecule has 0 spiro atoms. The second-order valence-electron chi connectivity index (χ2n) is 4.91. The molecule has 2 N–H and O–H groups in total. The summed E-state index contributed by atoms with van der Waals surface area (Å²) in [5.41, 5.74) is 5.78. The molecule has 2 heteroatoms. The van der Waals surface area contributed by atoms with E-state index in [0.717, 1.165) is 18.2 Å². The highest BCUT2D eigenvalue weighted by Crippen LogP contribution is 2.30. The van der Waals surface area contributed by atoms with E-state index in [1.807, 2.05) is 0 Å². The molecule has 0 aromatic carbocycles. The Hall–Kier alpha value is -0.530. The third-order valence-electron chi connectivity index (χ3n) is 3.65. The molecular weight excluding hydrogens is 172 g/mol. The van der Waals surface area contributed by atoms with Crippen LogP contribution in [0.15, 0.2) is 4.99 Å². The van der Waals surface area contributed by atoms with Crippen LogP contribution < -0.4 is 5.73 Å². The van der Waals surface area contributed by atoms with Crippen LogP contribution in [0.2, 0.25) is 0 Å². The zero-order valence-electron chi connectivity index (χ0n) is 9.04. The summed E-state index contributed by atoms with van der Waals surface area (Å²) >= 11 is 0. The zero-order valence-corrected chi connectivity index (χ0v) is 9.04. The molecule has 2 aliphatic rings. The van der Waals surface area contributed by atoms with Crippen LogP contribution in [0.4, 0.5) is 0 Å². The summed E-state index contributed by atoms with van der Waals surface area (Å²) in [5.74, 6) is 1.85. The third-order valence-corrected chi connectivity index (χ3v) is 3.65. The largest absolute Gasteiger partial charge is 0.387 e. The molecule has 0 bridgehead atoms. The number of hydrogen-bond donors (Lipinski definition) is 1. The standard InChI is InChI=1S/C12H22N2/c13-12-8-4-7-11(14-12)9-10-5-2-1-3-6-10/h10-11H,1-9H2,(H2,13,14). The molecule has 2 nitrogen and oxygen atoms in total. The van der Waals surface area contributed by atoms with Gasteiger partial charge in [-0.25, -0.2) is 0 Å². The van der Waals surface area contributed by atoms with Crippen LogP contribution in [0.1, 0.15) is 57.8 Å². The Labute approximate surface area is 87.0 Å². The van der Waals surface area contributed by atoms with Gasteiger partial charge in [0.05, 0.1) is 11.9 Å². The van der Waals surface area contributed by atoms with E-state index < -0.39 is 0 Å². The van der Waals surface area contributed by atoms with Crippen molar-refractivity contribution in [3.8, 4) is 0 Å². The van der Waals surface area contributed by atoms with Crippen LogP contribution in [0.5, 0.6) is 0 Å². The van der Waals surface area contributed by atoms with Gasteiger partial charge in [0.2, 0.25) is 0 Å². The fourth-order valence-corrected chi connectivity index (χ4v) is 2.86. The second-order valence-corrected chi connectivity index (χ2v) is 4.91. The summed E-state index contributed by atoms with van der Waals surface area (Å²) < 4.78 is 0. The zero-order chi connectivity index (χ0) is 9.80. The van der Waals surface area contributed by atoms with E-state index in [9.17, 15) is 0 Å². The minimum atomic E-state index is 0.562. The molecule has 1 atom stereocenters. The van der Waals surface area contributed by atoms with Crippen LogP contribution in [-0.4, -0.2) is 11.9 Å². The van der Waals surface area contributed by atoms with Crippen molar-refractivity contribution in [2.24, 2.45) is 16.6 Å². The smallest absolute Gasteiger partial charge is 0.0940 e. The molecular formula is C12H22N2. The molecule has 80 valence electrons. The van der Waals surface area contributed by atoms with Gasteiger partial charge in [-0.15, -0.1) is 0 Å². The van der Waals surface area contributed by atoms with Gasteiger partial charge >= 0.3 is 0 Å². The van der Waals surface area contributed by atoms with Gasteiger partial charge in [-0.3, -0.25) is 4.99 Å². The maximum Gasteiger partial charge on any atom is 0.0940 e. The lowest BCUT2D eigenvalue weighted by Gasteiger charge is -2.26. The first-order valence-corrected chi connectivity index (χ1v) is 6.17. The Kier molecular flexibility index (Phi) is 3.44. The molecule has 14 heavy (non-hydrogen) atoms. The molecule has 1 heterocycles. The van der Waals surface area contributed by atoms with E-state index in [-0.39, 0.29) is 0 Å². The van der Waals surface area contributed by atoms with Gasteiger partial charge in [-0.05, 0) is 25.2 Å². The minimum Gasteiger partial charge on any atom is -0.387 e. The van der Waals surface area contributed by atoms with Crippen LogP contribution >= 0.6 is 0 Å². The van der Waals surface area contributed by atoms with Gasteiger partial charge in [-0.1, -0.05) is 32.1 Å². The van der Waals surface area contributed by atoms with Crippen molar-refractivity contribution in [3.63, 3.8) is 0 Å². The Morgan fingerprint density at radius 1 is 1.07 bits per heavy atom. The number of nitrogens with zero attached hydrogens (tertiary/aromatic N) is 1. The molecule has 1 fully saturated rings. The normalized spacial score (nSPS) is 30.0. The summed E-state index contributed by atoms with van der Waals surface area (Å²) in [5, 5.41) is 0. The maximum atomic E-state index is 5.78. The molecule has 1 aliphatic heterocycles. The van der Waals surface area contributed by atoms with Crippen molar-refractivity contribution in [2.75, 3.05) is 0 Å². The van der Waals surface area contributed by atoms with Crippen LogP contribution in [0.3, 0.4) is 0 Å². The molecule has 2 rings (SSSR count). The summed E-state index contributed by atoms with van der Waals surface area (Å²) in [6, 6.07) is 0.562. The van der Waals surface area contributed by atoms with Gasteiger partial charge in [0, 0.05) is 6.42 Å². The number of rotatable bonds is 2. The average molecular weight is 194 g/mol. The lowest BCUT2D eigenvalue weighted by atomic mass is 9.83. The van der Waals surface area contributed by atoms with E-state index in [1.54, 1.807) is 0 Å². The van der Waals surface area contributed by atoms with E-state index in [0.29, 0.717) is 6.04 Å². The summed E-state index contributed by atoms with van der Waals surface area (Å²) in [6.07, 6.45) is 12.1. The first kappa shape index (κ1) is 10.0. The van der Waals surface area contributed by atoms with E-state index in [1.165, 1.54) is 51.4 Å². The quantitative estimate of drug-likeness (QED) is 0.721. The van der Waals surface area contributed by atoms with Gasteiger partial charge < -0.3 is 5.73 Å². The Morgan fingerprint density at radius 3 is 2.57 bits per heavy atom. The van der Waals surface area contributed by atoms with Crippen molar-refractivity contribution in [2.45, 2.75) is 63.8 Å². The summed E-state index contributed by atoms with van der Waals surface area (Å²) in [6.45, 7) is 0. The van der Waals surface area contributed by atoms with Gasteiger partial charge in [0.1, 0.15) is 0 Å². The van der Waals surface area contributed by atoms with Crippen LogP contribution in [0.25, 0.3) is 0 Å². The van der Waals surface area contributed by atoms with E-state index in [4.69, 9.17) is 5.73 Å². The Balaban J connectivity index is 1.80. The predicted molar refractivity (Wildman–Crippen MR) is 60.5 cm³/mol. The number of nitrogens with two attached hydrogens (primary N) is 1. The SMILES string of the molecule is NC1=NC(CC2CCCCC2)CCC1. The lowest BCUT2D eigenvalue weighted by molar-refractivity contribution is 0.309. The Bertz CT molecular complexity index is 204. The fourth-order valence-electron chi connectivity index (χ4n) is 2.86. The van der Waals surface area contributed by atoms with Crippen molar-refractivity contribution in [1.82, 2.24) is 0 Å². The molecule has 0 aromatic heterocycles. The predicted octanol–water partition coefficient (Wildman–Crippen LogP) is 2.87. The molecule has 0 aromatic rings. The van der Waals surface area contributed by atoms with Gasteiger partial charge in [0.15, 0.2) is 0 Å². The summed E-state index contributed by atoms with van der Waals surface area (Å²) in [4.78, 5) is 4.57. The highest BCUT2D eigenvalue weighted by atomic mass is 14.9. The highest BCUT2D eigenvalue weighted by Gasteiger charge is 2.20. The summed E-state index contributed by atoms with van der Waals surface area (Å²) in [7, 11) is 0. The van der Waals surface area contributed by atoms with E-state index in [2.05, 4.69) is 4.99 Å². The number of aliphatic imine (C=N–C) groups is 1. The number of hydrogen-bond acceptors (Lipinski definition) is 2. The fraction of sp³-hybridized carbons (Fsp3) is 0.917. The minimum absolute atomic E-state index is 0.562. The van der Waals surface area contributed by atoms with Crippen LogP contribution in [-0.2, 0) is 0 Å². The topological polar surface area (TPSA) is 38.4 Å². The lowest BCUT2D eigenvalue weighted by Crippen LogP contribution is -2.24. The van der Waals surface area contributed by atoms with Crippen molar-refractivity contribution < 1.29 is 0 Å². The van der Waals surface area contributed by atoms with Gasteiger partial charge in [0.25, 0.3) is 0 Å². The van der Waals surface area contributed by atoms with Crippen molar-refractivity contribution in [1.29, 1.82) is 0 Å². The molecule has 1 saturated carbocycles. The van der Waals surface area contributed by atoms with Crippen molar-refractivity contribution >= 4 is 5.84 Å². The first-order chi connectivity index (χ1) is 6.84.